The van der Waals surface area contributed by atoms with Gasteiger partial charge in [0.25, 0.3) is 0 Å². The zero-order valence-electron chi connectivity index (χ0n) is 9.89. The normalized spacial score (nSPS) is 16.8. The summed E-state index contributed by atoms with van der Waals surface area (Å²) < 4.78 is 0. The van der Waals surface area contributed by atoms with E-state index in [-0.39, 0.29) is 0 Å². The van der Waals surface area contributed by atoms with Gasteiger partial charge in [-0.05, 0) is 0 Å². The lowest BCUT2D eigenvalue weighted by Gasteiger charge is -2.28. The van der Waals surface area contributed by atoms with Crippen LogP contribution in [0, 0.1) is 11.8 Å². The van der Waals surface area contributed by atoms with E-state index >= 15 is 0 Å². The molecular weight excluding hydrogens is 143 g/mol. The Morgan fingerprint density at radius 1 is 0.667 bits per heavy atom. The second-order valence-electron chi connectivity index (χ2n) is 5.07. The van der Waals surface area contributed by atoms with Crippen LogP contribution in [-0.2, 0) is 0 Å². The standard InChI is InChI=1S/C11H25B/c1-8(2)10(5)12(7)11(6)9(3)4/h8-11H,1-7H3. The van der Waals surface area contributed by atoms with Crippen LogP contribution in [0.15, 0.2) is 0 Å². The lowest BCUT2D eigenvalue weighted by atomic mass is 9.33. The predicted molar refractivity (Wildman–Crippen MR) is 60.1 cm³/mol. The predicted octanol–water partition coefficient (Wildman–Crippen LogP) is 4.20. The summed E-state index contributed by atoms with van der Waals surface area (Å²) in [7, 11) is 0. The molecule has 0 N–H and O–H groups in total. The first-order chi connectivity index (χ1) is 5.37. The van der Waals surface area contributed by atoms with Gasteiger partial charge in [0.05, 0.1) is 0 Å². The van der Waals surface area contributed by atoms with E-state index in [1.165, 1.54) is 0 Å². The summed E-state index contributed by atoms with van der Waals surface area (Å²) >= 11 is 0. The van der Waals surface area contributed by atoms with E-state index in [0.717, 1.165) is 30.2 Å². The molecule has 0 saturated heterocycles. The van der Waals surface area contributed by atoms with Crippen molar-refractivity contribution < 1.29 is 0 Å². The monoisotopic (exact) mass is 168 g/mol. The molecule has 1 heteroatoms. The van der Waals surface area contributed by atoms with Crippen LogP contribution in [0.1, 0.15) is 41.5 Å². The van der Waals surface area contributed by atoms with Gasteiger partial charge < -0.3 is 0 Å². The molecule has 0 radical (unpaired) electrons. The molecule has 0 aromatic heterocycles. The molecule has 2 unspecified atom stereocenters. The minimum atomic E-state index is 0.821. The van der Waals surface area contributed by atoms with Crippen molar-refractivity contribution in [3.8, 4) is 0 Å². The summed E-state index contributed by atoms with van der Waals surface area (Å²) in [4.78, 5) is 0. The highest BCUT2D eigenvalue weighted by Crippen LogP contribution is 2.31. The molecule has 0 aromatic rings. The molecule has 0 aliphatic rings. The van der Waals surface area contributed by atoms with Crippen LogP contribution >= 0.6 is 0 Å². The number of hydrogen-bond donors (Lipinski definition) is 0. The van der Waals surface area contributed by atoms with Crippen molar-refractivity contribution in [2.75, 3.05) is 0 Å². The third kappa shape index (κ3) is 3.20. The highest BCUT2D eigenvalue weighted by molar-refractivity contribution is 6.60. The van der Waals surface area contributed by atoms with Crippen molar-refractivity contribution in [3.05, 3.63) is 0 Å². The first-order valence-electron chi connectivity index (χ1n) is 5.37. The smallest absolute Gasteiger partial charge is 0.0856 e. The first kappa shape index (κ1) is 12.1. The topological polar surface area (TPSA) is 0 Å². The highest BCUT2D eigenvalue weighted by Gasteiger charge is 2.26. The Labute approximate surface area is 79.2 Å². The number of hydrogen-bond acceptors (Lipinski definition) is 0. The molecular formula is C11H25B. The maximum atomic E-state index is 2.40. The fourth-order valence-electron chi connectivity index (χ4n) is 1.69. The van der Waals surface area contributed by atoms with Crippen molar-refractivity contribution in [3.63, 3.8) is 0 Å². The minimum absolute atomic E-state index is 0.821. The Morgan fingerprint density at radius 3 is 1.08 bits per heavy atom. The van der Waals surface area contributed by atoms with Crippen LogP contribution in [0.4, 0.5) is 0 Å². The van der Waals surface area contributed by atoms with E-state index in [9.17, 15) is 0 Å². The summed E-state index contributed by atoms with van der Waals surface area (Å²) in [5, 5.41) is 0. The summed E-state index contributed by atoms with van der Waals surface area (Å²) in [6.45, 7) is 17.3. The quantitative estimate of drug-likeness (QED) is 0.551. The fraction of sp³-hybridized carbons (Fsp3) is 1.00. The van der Waals surface area contributed by atoms with Crippen molar-refractivity contribution >= 4 is 6.71 Å². The lowest BCUT2D eigenvalue weighted by Crippen LogP contribution is -2.26. The van der Waals surface area contributed by atoms with Gasteiger partial charge in [-0.25, -0.2) is 0 Å². The molecule has 0 fully saturated rings. The van der Waals surface area contributed by atoms with Gasteiger partial charge in [0, 0.05) is 0 Å². The molecule has 0 aliphatic carbocycles. The van der Waals surface area contributed by atoms with Crippen LogP contribution in [0.5, 0.6) is 0 Å². The van der Waals surface area contributed by atoms with E-state index in [1.54, 1.807) is 0 Å². The molecule has 0 aliphatic heterocycles. The van der Waals surface area contributed by atoms with Gasteiger partial charge in [0.2, 0.25) is 0 Å². The van der Waals surface area contributed by atoms with Crippen LogP contribution in [0.2, 0.25) is 18.5 Å². The Bertz CT molecular complexity index is 104. The van der Waals surface area contributed by atoms with E-state index in [2.05, 4.69) is 48.4 Å². The van der Waals surface area contributed by atoms with Gasteiger partial charge in [0.15, 0.2) is 0 Å². The molecule has 12 heavy (non-hydrogen) atoms. The number of rotatable bonds is 4. The zero-order chi connectivity index (χ0) is 9.89. The second kappa shape index (κ2) is 4.94. The van der Waals surface area contributed by atoms with Gasteiger partial charge in [-0.15, -0.1) is 0 Å². The average molecular weight is 168 g/mol. The summed E-state index contributed by atoms with van der Waals surface area (Å²) in [6, 6.07) is 0. The molecule has 0 nitrogen and oxygen atoms in total. The lowest BCUT2D eigenvalue weighted by molar-refractivity contribution is 0.564. The van der Waals surface area contributed by atoms with Gasteiger partial charge in [0.1, 0.15) is 6.71 Å². The van der Waals surface area contributed by atoms with Crippen molar-refractivity contribution in [1.29, 1.82) is 0 Å². The van der Waals surface area contributed by atoms with Crippen molar-refractivity contribution in [2.45, 2.75) is 60.0 Å². The van der Waals surface area contributed by atoms with E-state index < -0.39 is 0 Å². The van der Waals surface area contributed by atoms with Crippen molar-refractivity contribution in [2.24, 2.45) is 11.8 Å². The Kier molecular flexibility index (Phi) is 4.97. The highest BCUT2D eigenvalue weighted by atomic mass is 14.1. The second-order valence-corrected chi connectivity index (χ2v) is 5.07. The molecule has 0 amide bonds. The van der Waals surface area contributed by atoms with Gasteiger partial charge in [-0.1, -0.05) is 71.8 Å². The molecule has 0 rings (SSSR count). The Morgan fingerprint density at radius 2 is 0.917 bits per heavy atom. The maximum absolute atomic E-state index is 2.40. The van der Waals surface area contributed by atoms with Crippen LogP contribution in [0.3, 0.4) is 0 Å². The average Bonchev–Trinajstić information content (AvgIpc) is 2.00. The van der Waals surface area contributed by atoms with Crippen molar-refractivity contribution in [1.82, 2.24) is 0 Å². The largest absolute Gasteiger partial charge is 0.143 e. The summed E-state index contributed by atoms with van der Waals surface area (Å²) in [6.07, 6.45) is 0. The minimum Gasteiger partial charge on any atom is -0.0856 e. The molecule has 0 spiro atoms. The van der Waals surface area contributed by atoms with Crippen LogP contribution in [-0.4, -0.2) is 6.71 Å². The molecule has 0 bridgehead atoms. The summed E-state index contributed by atoms with van der Waals surface area (Å²) in [5.41, 5.74) is 0. The Hall–Kier alpha value is 0.0649. The van der Waals surface area contributed by atoms with E-state index in [4.69, 9.17) is 0 Å². The SMILES string of the molecule is CB(C(C)C(C)C)C(C)C(C)C. The van der Waals surface area contributed by atoms with E-state index in [0.29, 0.717) is 0 Å². The third-order valence-electron chi connectivity index (χ3n) is 3.76. The molecule has 72 valence electrons. The first-order valence-corrected chi connectivity index (χ1v) is 5.37. The zero-order valence-corrected chi connectivity index (χ0v) is 9.89. The van der Waals surface area contributed by atoms with Gasteiger partial charge >= 0.3 is 0 Å². The molecule has 2 atom stereocenters. The van der Waals surface area contributed by atoms with E-state index in [1.807, 2.05) is 0 Å². The Balaban J connectivity index is 4.08. The third-order valence-corrected chi connectivity index (χ3v) is 3.76. The van der Waals surface area contributed by atoms with Gasteiger partial charge in [-0.2, -0.15) is 0 Å². The maximum Gasteiger partial charge on any atom is 0.143 e. The molecule has 0 saturated carbocycles. The molecule has 0 aromatic carbocycles. The molecule has 0 heterocycles. The van der Waals surface area contributed by atoms with Gasteiger partial charge in [-0.3, -0.25) is 0 Å². The fourth-order valence-corrected chi connectivity index (χ4v) is 1.69. The van der Waals surface area contributed by atoms with Crippen LogP contribution in [0.25, 0.3) is 0 Å². The van der Waals surface area contributed by atoms with Crippen LogP contribution < -0.4 is 0 Å². The summed E-state index contributed by atoms with van der Waals surface area (Å²) in [5.74, 6) is 3.34.